The summed E-state index contributed by atoms with van der Waals surface area (Å²) in [6.45, 7) is 4.64. The first kappa shape index (κ1) is 17.0. The molecule has 0 aromatic heterocycles. The molecule has 1 saturated carbocycles. The molecule has 1 aromatic carbocycles. The molecule has 1 aliphatic carbocycles. The van der Waals surface area contributed by atoms with E-state index in [-0.39, 0.29) is 11.8 Å². The third kappa shape index (κ3) is 4.16. The lowest BCUT2D eigenvalue weighted by Gasteiger charge is -2.35. The SMILES string of the molecule is Cc1ccc(C(=O)N2CCN(C(=O)CCC3CCCC3)CC2)cc1. The molecule has 0 bridgehead atoms. The average molecular weight is 328 g/mol. The predicted molar refractivity (Wildman–Crippen MR) is 94.9 cm³/mol. The molecule has 1 aromatic rings. The molecule has 3 rings (SSSR count). The molecule has 1 saturated heterocycles. The second-order valence-electron chi connectivity index (χ2n) is 7.23. The van der Waals surface area contributed by atoms with Crippen LogP contribution in [0, 0.1) is 12.8 Å². The molecule has 130 valence electrons. The minimum Gasteiger partial charge on any atom is -0.339 e. The van der Waals surface area contributed by atoms with E-state index in [0.717, 1.165) is 23.5 Å². The number of amides is 2. The van der Waals surface area contributed by atoms with Crippen LogP contribution in [0.25, 0.3) is 0 Å². The molecule has 0 radical (unpaired) electrons. The topological polar surface area (TPSA) is 40.6 Å². The molecule has 2 fully saturated rings. The number of benzene rings is 1. The molecule has 24 heavy (non-hydrogen) atoms. The summed E-state index contributed by atoms with van der Waals surface area (Å²) in [5, 5.41) is 0. The molecule has 0 unspecified atom stereocenters. The Kier molecular flexibility index (Phi) is 5.54. The maximum absolute atomic E-state index is 12.5. The van der Waals surface area contributed by atoms with Crippen LogP contribution in [0.5, 0.6) is 0 Å². The maximum atomic E-state index is 12.5. The number of hydrogen-bond donors (Lipinski definition) is 0. The van der Waals surface area contributed by atoms with Crippen molar-refractivity contribution in [3.8, 4) is 0 Å². The third-order valence-electron chi connectivity index (χ3n) is 5.46. The minimum absolute atomic E-state index is 0.0769. The summed E-state index contributed by atoms with van der Waals surface area (Å²) in [7, 11) is 0. The van der Waals surface area contributed by atoms with Gasteiger partial charge in [0, 0.05) is 38.2 Å². The van der Waals surface area contributed by atoms with Crippen LogP contribution in [0.1, 0.15) is 54.4 Å². The van der Waals surface area contributed by atoms with Gasteiger partial charge in [-0.1, -0.05) is 43.4 Å². The van der Waals surface area contributed by atoms with Crippen molar-refractivity contribution in [2.45, 2.75) is 45.4 Å². The maximum Gasteiger partial charge on any atom is 0.253 e. The van der Waals surface area contributed by atoms with E-state index in [1.54, 1.807) is 0 Å². The third-order valence-corrected chi connectivity index (χ3v) is 5.46. The van der Waals surface area contributed by atoms with Crippen molar-refractivity contribution in [2.24, 2.45) is 5.92 Å². The highest BCUT2D eigenvalue weighted by molar-refractivity contribution is 5.94. The Labute approximate surface area is 144 Å². The molecule has 0 spiro atoms. The zero-order valence-electron chi connectivity index (χ0n) is 14.7. The largest absolute Gasteiger partial charge is 0.339 e. The number of carbonyl (C=O) groups is 2. The molecular formula is C20H28N2O2. The van der Waals surface area contributed by atoms with E-state index < -0.39 is 0 Å². The molecule has 4 nitrogen and oxygen atoms in total. The van der Waals surface area contributed by atoms with Crippen LogP contribution in [0.2, 0.25) is 0 Å². The fourth-order valence-corrected chi connectivity index (χ4v) is 3.82. The Morgan fingerprint density at radius 3 is 2.17 bits per heavy atom. The van der Waals surface area contributed by atoms with E-state index in [1.807, 2.05) is 41.0 Å². The van der Waals surface area contributed by atoms with E-state index in [0.29, 0.717) is 32.6 Å². The van der Waals surface area contributed by atoms with Crippen LogP contribution in [-0.2, 0) is 4.79 Å². The van der Waals surface area contributed by atoms with E-state index in [4.69, 9.17) is 0 Å². The molecule has 2 amide bonds. The van der Waals surface area contributed by atoms with Crippen LogP contribution in [0.15, 0.2) is 24.3 Å². The van der Waals surface area contributed by atoms with Crippen molar-refractivity contribution in [3.63, 3.8) is 0 Å². The Morgan fingerprint density at radius 2 is 1.54 bits per heavy atom. The summed E-state index contributed by atoms with van der Waals surface area (Å²) in [5.41, 5.74) is 1.89. The minimum atomic E-state index is 0.0769. The van der Waals surface area contributed by atoms with Gasteiger partial charge in [0.05, 0.1) is 0 Å². The van der Waals surface area contributed by atoms with E-state index >= 15 is 0 Å². The van der Waals surface area contributed by atoms with Gasteiger partial charge in [-0.2, -0.15) is 0 Å². The highest BCUT2D eigenvalue weighted by Crippen LogP contribution is 2.28. The predicted octanol–water partition coefficient (Wildman–Crippen LogP) is 3.25. The number of rotatable bonds is 4. The second kappa shape index (κ2) is 7.82. The van der Waals surface area contributed by atoms with Crippen molar-refractivity contribution in [2.75, 3.05) is 26.2 Å². The average Bonchev–Trinajstić information content (AvgIpc) is 3.13. The Bertz CT molecular complexity index is 568. The van der Waals surface area contributed by atoms with E-state index in [2.05, 4.69) is 0 Å². The van der Waals surface area contributed by atoms with Gasteiger partial charge >= 0.3 is 0 Å². The van der Waals surface area contributed by atoms with Gasteiger partial charge < -0.3 is 9.80 Å². The lowest BCUT2D eigenvalue weighted by atomic mass is 10.0. The van der Waals surface area contributed by atoms with E-state index in [9.17, 15) is 9.59 Å². The van der Waals surface area contributed by atoms with Gasteiger partial charge in [0.15, 0.2) is 0 Å². The van der Waals surface area contributed by atoms with Crippen LogP contribution < -0.4 is 0 Å². The van der Waals surface area contributed by atoms with Crippen molar-refractivity contribution in [3.05, 3.63) is 35.4 Å². The zero-order chi connectivity index (χ0) is 16.9. The Hall–Kier alpha value is -1.84. The fraction of sp³-hybridized carbons (Fsp3) is 0.600. The molecule has 0 atom stereocenters. The van der Waals surface area contributed by atoms with Crippen LogP contribution in [0.3, 0.4) is 0 Å². The van der Waals surface area contributed by atoms with E-state index in [1.165, 1.54) is 25.7 Å². The standard InChI is InChI=1S/C20H28N2O2/c1-16-6-9-18(10-7-16)20(24)22-14-12-21(13-15-22)19(23)11-8-17-4-2-3-5-17/h6-7,9-10,17H,2-5,8,11-15H2,1H3. The second-order valence-corrected chi connectivity index (χ2v) is 7.23. The normalized spacial score (nSPS) is 18.9. The lowest BCUT2D eigenvalue weighted by Crippen LogP contribution is -2.50. The van der Waals surface area contributed by atoms with Crippen molar-refractivity contribution in [1.29, 1.82) is 0 Å². The number of piperazine rings is 1. The summed E-state index contributed by atoms with van der Waals surface area (Å²) in [4.78, 5) is 28.7. The number of hydrogen-bond acceptors (Lipinski definition) is 2. The van der Waals surface area contributed by atoms with Gasteiger partial charge in [0.1, 0.15) is 0 Å². The van der Waals surface area contributed by atoms with Gasteiger partial charge in [-0.3, -0.25) is 9.59 Å². The molecule has 2 aliphatic rings. The number of nitrogens with zero attached hydrogens (tertiary/aromatic N) is 2. The van der Waals surface area contributed by atoms with Crippen LogP contribution in [-0.4, -0.2) is 47.8 Å². The van der Waals surface area contributed by atoms with Gasteiger partial charge in [-0.15, -0.1) is 0 Å². The highest BCUT2D eigenvalue weighted by atomic mass is 16.2. The summed E-state index contributed by atoms with van der Waals surface area (Å²) in [5.74, 6) is 1.11. The Morgan fingerprint density at radius 1 is 0.958 bits per heavy atom. The van der Waals surface area contributed by atoms with Gasteiger partial charge in [0.25, 0.3) is 5.91 Å². The Balaban J connectivity index is 1.45. The van der Waals surface area contributed by atoms with Crippen LogP contribution >= 0.6 is 0 Å². The smallest absolute Gasteiger partial charge is 0.253 e. The van der Waals surface area contributed by atoms with Crippen molar-refractivity contribution >= 4 is 11.8 Å². The number of carbonyl (C=O) groups excluding carboxylic acids is 2. The fourth-order valence-electron chi connectivity index (χ4n) is 3.82. The van der Waals surface area contributed by atoms with Gasteiger partial charge in [-0.25, -0.2) is 0 Å². The molecule has 0 N–H and O–H groups in total. The summed E-state index contributed by atoms with van der Waals surface area (Å²) in [6.07, 6.45) is 6.98. The first-order valence-electron chi connectivity index (χ1n) is 9.27. The molecular weight excluding hydrogens is 300 g/mol. The van der Waals surface area contributed by atoms with Gasteiger partial charge in [-0.05, 0) is 31.4 Å². The quantitative estimate of drug-likeness (QED) is 0.851. The first-order chi connectivity index (χ1) is 11.6. The van der Waals surface area contributed by atoms with Crippen molar-refractivity contribution in [1.82, 2.24) is 9.80 Å². The molecule has 4 heteroatoms. The lowest BCUT2D eigenvalue weighted by molar-refractivity contribution is -0.133. The summed E-state index contributed by atoms with van der Waals surface area (Å²) in [6, 6.07) is 7.71. The monoisotopic (exact) mass is 328 g/mol. The molecule has 1 aliphatic heterocycles. The molecule has 1 heterocycles. The number of aryl methyl sites for hydroxylation is 1. The first-order valence-corrected chi connectivity index (χ1v) is 9.27. The highest BCUT2D eigenvalue weighted by Gasteiger charge is 2.25. The summed E-state index contributed by atoms with van der Waals surface area (Å²) < 4.78 is 0. The van der Waals surface area contributed by atoms with Gasteiger partial charge in [0.2, 0.25) is 5.91 Å². The van der Waals surface area contributed by atoms with Crippen LogP contribution in [0.4, 0.5) is 0 Å². The van der Waals surface area contributed by atoms with Crippen molar-refractivity contribution < 1.29 is 9.59 Å². The zero-order valence-corrected chi connectivity index (χ0v) is 14.7. The summed E-state index contributed by atoms with van der Waals surface area (Å²) >= 11 is 0.